The van der Waals surface area contributed by atoms with Crippen LogP contribution in [0, 0.1) is 6.92 Å². The van der Waals surface area contributed by atoms with Crippen LogP contribution >= 0.6 is 11.6 Å². The van der Waals surface area contributed by atoms with Gasteiger partial charge in [-0.3, -0.25) is 4.79 Å². The van der Waals surface area contributed by atoms with E-state index in [9.17, 15) is 13.2 Å². The minimum Gasteiger partial charge on any atom is -0.325 e. The van der Waals surface area contributed by atoms with Gasteiger partial charge in [0.2, 0.25) is 15.9 Å². The molecule has 7 heteroatoms. The van der Waals surface area contributed by atoms with Crippen molar-refractivity contribution in [3.63, 3.8) is 0 Å². The van der Waals surface area contributed by atoms with Gasteiger partial charge in [-0.25, -0.2) is 13.1 Å². The quantitative estimate of drug-likeness (QED) is 0.808. The number of aryl methyl sites for hydroxylation is 1. The average Bonchev–Trinajstić information content (AvgIpc) is 2.56. The van der Waals surface area contributed by atoms with E-state index in [1.54, 1.807) is 42.5 Å². The van der Waals surface area contributed by atoms with E-state index in [4.69, 9.17) is 11.6 Å². The summed E-state index contributed by atoms with van der Waals surface area (Å²) < 4.78 is 27.0. The van der Waals surface area contributed by atoms with E-state index in [0.29, 0.717) is 10.7 Å². The van der Waals surface area contributed by atoms with Crippen molar-refractivity contribution >= 4 is 33.2 Å². The molecule has 0 aromatic heterocycles. The molecule has 0 saturated carbocycles. The fraction of sp³-hybridized carbons (Fsp3) is 0.316. The topological polar surface area (TPSA) is 75.3 Å². The van der Waals surface area contributed by atoms with Crippen molar-refractivity contribution in [1.29, 1.82) is 0 Å². The van der Waals surface area contributed by atoms with E-state index in [1.165, 1.54) is 0 Å². The molecule has 1 amide bonds. The second-order valence-electron chi connectivity index (χ2n) is 7.11. The number of nitrogens with one attached hydrogen (secondary N) is 2. The Balaban J connectivity index is 2.03. The molecule has 0 aliphatic carbocycles. The summed E-state index contributed by atoms with van der Waals surface area (Å²) >= 11 is 5.91. The van der Waals surface area contributed by atoms with Crippen molar-refractivity contribution < 1.29 is 13.2 Å². The first-order valence-electron chi connectivity index (χ1n) is 8.15. The third-order valence-electron chi connectivity index (χ3n) is 3.93. The van der Waals surface area contributed by atoms with Crippen LogP contribution in [0.4, 0.5) is 5.69 Å². The Morgan fingerprint density at radius 2 is 1.69 bits per heavy atom. The molecule has 0 bridgehead atoms. The highest BCUT2D eigenvalue weighted by Gasteiger charge is 2.18. The zero-order valence-corrected chi connectivity index (χ0v) is 16.8. The molecule has 140 valence electrons. The highest BCUT2D eigenvalue weighted by molar-refractivity contribution is 7.89. The zero-order valence-electron chi connectivity index (χ0n) is 15.3. The number of halogens is 1. The van der Waals surface area contributed by atoms with Crippen molar-refractivity contribution in [2.24, 2.45) is 0 Å². The number of carbonyl (C=O) groups is 1. The number of benzene rings is 2. The summed E-state index contributed by atoms with van der Waals surface area (Å²) in [5.41, 5.74) is 2.36. The van der Waals surface area contributed by atoms with Crippen molar-refractivity contribution in [3.8, 4) is 0 Å². The minimum atomic E-state index is -3.77. The van der Waals surface area contributed by atoms with Crippen LogP contribution in [0.25, 0.3) is 0 Å². The van der Waals surface area contributed by atoms with Gasteiger partial charge < -0.3 is 5.32 Å². The second-order valence-corrected chi connectivity index (χ2v) is 9.31. The fourth-order valence-corrected chi connectivity index (χ4v) is 3.46. The van der Waals surface area contributed by atoms with Gasteiger partial charge in [0.1, 0.15) is 0 Å². The van der Waals surface area contributed by atoms with Crippen LogP contribution in [0.3, 0.4) is 0 Å². The molecule has 0 aliphatic rings. The average molecular weight is 395 g/mol. The summed E-state index contributed by atoms with van der Waals surface area (Å²) in [5, 5.41) is 3.14. The normalized spacial score (nSPS) is 12.0. The van der Waals surface area contributed by atoms with Crippen LogP contribution in [0.5, 0.6) is 0 Å². The van der Waals surface area contributed by atoms with Crippen LogP contribution in [0.2, 0.25) is 5.02 Å². The lowest BCUT2D eigenvalue weighted by Crippen LogP contribution is -2.33. The Hall–Kier alpha value is -1.89. The standard InChI is InChI=1S/C19H23ClN2O3S/c1-13-5-8-15(20)11-17(13)22-18(23)12-21-26(24,25)16-9-6-14(7-10-16)19(2,3)4/h5-11,21H,12H2,1-4H3,(H,22,23). The predicted octanol–water partition coefficient (Wildman–Crippen LogP) is 3.86. The van der Waals surface area contributed by atoms with Crippen molar-refractivity contribution in [3.05, 3.63) is 58.6 Å². The monoisotopic (exact) mass is 394 g/mol. The van der Waals surface area contributed by atoms with Gasteiger partial charge in [0, 0.05) is 10.7 Å². The molecule has 2 aromatic carbocycles. The van der Waals surface area contributed by atoms with Crippen LogP contribution in [-0.4, -0.2) is 20.9 Å². The highest BCUT2D eigenvalue weighted by Crippen LogP contribution is 2.23. The van der Waals surface area contributed by atoms with E-state index in [1.807, 2.05) is 6.92 Å². The second kappa shape index (κ2) is 7.78. The number of hydrogen-bond acceptors (Lipinski definition) is 3. The first-order chi connectivity index (χ1) is 12.0. The third-order valence-corrected chi connectivity index (χ3v) is 5.58. The summed E-state index contributed by atoms with van der Waals surface area (Å²) in [6.45, 7) is 7.62. The molecule has 2 rings (SSSR count). The molecular formula is C19H23ClN2O3S. The summed E-state index contributed by atoms with van der Waals surface area (Å²) in [6.07, 6.45) is 0. The molecule has 0 saturated heterocycles. The maximum atomic E-state index is 12.4. The molecule has 0 aliphatic heterocycles. The Bertz CT molecular complexity index is 901. The predicted molar refractivity (Wildman–Crippen MR) is 105 cm³/mol. The lowest BCUT2D eigenvalue weighted by atomic mass is 9.87. The van der Waals surface area contributed by atoms with Crippen LogP contribution < -0.4 is 10.0 Å². The first kappa shape index (κ1) is 20.4. The number of rotatable bonds is 5. The minimum absolute atomic E-state index is 0.0651. The number of hydrogen-bond donors (Lipinski definition) is 2. The molecule has 0 unspecified atom stereocenters. The smallest absolute Gasteiger partial charge is 0.241 e. The Morgan fingerprint density at radius 1 is 1.08 bits per heavy atom. The van der Waals surface area contributed by atoms with E-state index in [-0.39, 0.29) is 16.9 Å². The molecular weight excluding hydrogens is 372 g/mol. The van der Waals surface area contributed by atoms with E-state index in [2.05, 4.69) is 30.8 Å². The fourth-order valence-electron chi connectivity index (χ4n) is 2.30. The van der Waals surface area contributed by atoms with Gasteiger partial charge in [0.15, 0.2) is 0 Å². The molecule has 0 radical (unpaired) electrons. The lowest BCUT2D eigenvalue weighted by Gasteiger charge is -2.19. The number of anilines is 1. The molecule has 2 N–H and O–H groups in total. The van der Waals surface area contributed by atoms with Crippen LogP contribution in [0.15, 0.2) is 47.4 Å². The maximum Gasteiger partial charge on any atom is 0.241 e. The summed E-state index contributed by atoms with van der Waals surface area (Å²) in [4.78, 5) is 12.2. The van der Waals surface area contributed by atoms with Gasteiger partial charge in [0.05, 0.1) is 11.4 Å². The van der Waals surface area contributed by atoms with E-state index < -0.39 is 15.9 Å². The highest BCUT2D eigenvalue weighted by atomic mass is 35.5. The molecule has 0 atom stereocenters. The molecule has 0 spiro atoms. The van der Waals surface area contributed by atoms with Crippen LogP contribution in [-0.2, 0) is 20.2 Å². The van der Waals surface area contributed by atoms with E-state index in [0.717, 1.165) is 11.1 Å². The molecule has 0 heterocycles. The maximum absolute atomic E-state index is 12.4. The summed E-state index contributed by atoms with van der Waals surface area (Å²) in [7, 11) is -3.77. The largest absolute Gasteiger partial charge is 0.325 e. The van der Waals surface area contributed by atoms with Crippen molar-refractivity contribution in [2.45, 2.75) is 38.0 Å². The number of carbonyl (C=O) groups excluding carboxylic acids is 1. The van der Waals surface area contributed by atoms with Gasteiger partial charge in [0.25, 0.3) is 0 Å². The van der Waals surface area contributed by atoms with Crippen molar-refractivity contribution in [1.82, 2.24) is 4.72 Å². The first-order valence-corrected chi connectivity index (χ1v) is 10.0. The molecule has 5 nitrogen and oxygen atoms in total. The third kappa shape index (κ3) is 5.30. The molecule has 2 aromatic rings. The Kier molecular flexibility index (Phi) is 6.11. The summed E-state index contributed by atoms with van der Waals surface area (Å²) in [5.74, 6) is -0.467. The molecule has 0 fully saturated rings. The Labute approximate surface area is 159 Å². The Morgan fingerprint density at radius 3 is 2.27 bits per heavy atom. The van der Waals surface area contributed by atoms with Crippen LogP contribution in [0.1, 0.15) is 31.9 Å². The summed E-state index contributed by atoms with van der Waals surface area (Å²) in [6, 6.07) is 11.8. The lowest BCUT2D eigenvalue weighted by molar-refractivity contribution is -0.115. The van der Waals surface area contributed by atoms with Gasteiger partial charge in [-0.1, -0.05) is 50.6 Å². The number of amides is 1. The zero-order chi connectivity index (χ0) is 19.5. The van der Waals surface area contributed by atoms with Gasteiger partial charge in [-0.05, 0) is 47.7 Å². The SMILES string of the molecule is Cc1ccc(Cl)cc1NC(=O)CNS(=O)(=O)c1ccc(C(C)(C)C)cc1. The van der Waals surface area contributed by atoms with Gasteiger partial charge in [-0.2, -0.15) is 0 Å². The molecule has 26 heavy (non-hydrogen) atoms. The van der Waals surface area contributed by atoms with Gasteiger partial charge in [-0.15, -0.1) is 0 Å². The number of sulfonamides is 1. The van der Waals surface area contributed by atoms with E-state index >= 15 is 0 Å². The van der Waals surface area contributed by atoms with Gasteiger partial charge >= 0.3 is 0 Å². The van der Waals surface area contributed by atoms with Crippen molar-refractivity contribution in [2.75, 3.05) is 11.9 Å².